The number of rotatable bonds is 6. The molecule has 0 radical (unpaired) electrons. The first kappa shape index (κ1) is 25.2. The van der Waals surface area contributed by atoms with Gasteiger partial charge in [0.2, 0.25) is 5.91 Å². The van der Waals surface area contributed by atoms with Crippen molar-refractivity contribution in [2.75, 3.05) is 39.3 Å². The molecule has 2 aliphatic heterocycles. The first-order valence-electron chi connectivity index (χ1n) is 11.3. The topological polar surface area (TPSA) is 112 Å². The van der Waals surface area contributed by atoms with E-state index < -0.39 is 23.3 Å². The lowest BCUT2D eigenvalue weighted by molar-refractivity contribution is -0.137. The summed E-state index contributed by atoms with van der Waals surface area (Å²) < 4.78 is 40.2. The summed E-state index contributed by atoms with van der Waals surface area (Å²) in [5, 5.41) is 31.6. The van der Waals surface area contributed by atoms with Crippen molar-refractivity contribution >= 4 is 17.5 Å². The van der Waals surface area contributed by atoms with Crippen molar-refractivity contribution in [3.63, 3.8) is 0 Å². The zero-order valence-electron chi connectivity index (χ0n) is 18.5. The lowest BCUT2D eigenvalue weighted by Gasteiger charge is -2.48. The number of halogens is 4. The zero-order chi connectivity index (χ0) is 24.5. The second kappa shape index (κ2) is 9.97. The highest BCUT2D eigenvalue weighted by atomic mass is 35.5. The lowest BCUT2D eigenvalue weighted by atomic mass is 9.96. The second-order valence-electron chi connectivity index (χ2n) is 9.13. The SMILES string of the molecule is N#CC1(C(=O)NCC2CNC(c3ccc(Cl)c(C(F)(F)F)c3)NC2N2CCNCC2CO)CC1. The molecule has 5 N–H and O–H groups in total. The number of carbonyl (C=O) groups excluding carboxylic acids is 1. The van der Waals surface area contributed by atoms with Crippen LogP contribution < -0.4 is 21.3 Å². The highest BCUT2D eigenvalue weighted by Crippen LogP contribution is 2.45. The number of alkyl halides is 3. The number of hydrogen-bond donors (Lipinski definition) is 5. The molecule has 4 unspecified atom stereocenters. The number of benzene rings is 1. The van der Waals surface area contributed by atoms with E-state index in [9.17, 15) is 28.3 Å². The standard InChI is InChI=1S/C22H28ClF3N6O2/c23-17-2-1-13(7-16(17)22(24,25)26)18-29-8-14(9-30-20(34)21(12-27)3-4-21)19(31-18)32-6-5-28-10-15(32)11-33/h1-2,7,14-15,18-19,28-29,31,33H,3-6,8-11H2,(H,30,34). The van der Waals surface area contributed by atoms with Crippen molar-refractivity contribution < 1.29 is 23.1 Å². The summed E-state index contributed by atoms with van der Waals surface area (Å²) in [6, 6.07) is 5.72. The molecule has 1 amide bonds. The van der Waals surface area contributed by atoms with E-state index in [1.807, 2.05) is 0 Å². The Morgan fingerprint density at radius 2 is 2.12 bits per heavy atom. The molecule has 186 valence electrons. The number of hydrogen-bond acceptors (Lipinski definition) is 7. The van der Waals surface area contributed by atoms with E-state index in [0.717, 1.165) is 6.07 Å². The molecule has 12 heteroatoms. The van der Waals surface area contributed by atoms with Gasteiger partial charge in [0, 0.05) is 44.7 Å². The largest absolute Gasteiger partial charge is 0.417 e. The number of aliphatic hydroxyl groups is 1. The molecule has 2 saturated heterocycles. The third-order valence-corrected chi connectivity index (χ3v) is 7.21. The van der Waals surface area contributed by atoms with Gasteiger partial charge >= 0.3 is 6.18 Å². The molecule has 2 heterocycles. The highest BCUT2D eigenvalue weighted by molar-refractivity contribution is 6.31. The fourth-order valence-electron chi connectivity index (χ4n) is 4.67. The molecule has 8 nitrogen and oxygen atoms in total. The Bertz CT molecular complexity index is 952. The molecule has 34 heavy (non-hydrogen) atoms. The molecule has 0 spiro atoms. The summed E-state index contributed by atoms with van der Waals surface area (Å²) in [7, 11) is 0. The maximum atomic E-state index is 13.4. The van der Waals surface area contributed by atoms with E-state index in [1.165, 1.54) is 6.07 Å². The maximum Gasteiger partial charge on any atom is 0.417 e. The van der Waals surface area contributed by atoms with Crippen molar-refractivity contribution in [1.82, 2.24) is 26.2 Å². The van der Waals surface area contributed by atoms with Gasteiger partial charge in [0.15, 0.2) is 0 Å². The molecule has 3 fully saturated rings. The summed E-state index contributed by atoms with van der Waals surface area (Å²) >= 11 is 5.79. The first-order valence-corrected chi connectivity index (χ1v) is 11.7. The second-order valence-corrected chi connectivity index (χ2v) is 9.54. The third-order valence-electron chi connectivity index (χ3n) is 6.88. The molecule has 4 rings (SSSR count). The van der Waals surface area contributed by atoms with Gasteiger partial charge in [-0.2, -0.15) is 18.4 Å². The quantitative estimate of drug-likeness (QED) is 0.399. The first-order chi connectivity index (χ1) is 16.2. The van der Waals surface area contributed by atoms with Crippen LogP contribution in [0.3, 0.4) is 0 Å². The van der Waals surface area contributed by atoms with Crippen molar-refractivity contribution in [3.05, 3.63) is 34.3 Å². The van der Waals surface area contributed by atoms with E-state index >= 15 is 0 Å². The summed E-state index contributed by atoms with van der Waals surface area (Å²) in [5.41, 5.74) is -1.45. The van der Waals surface area contributed by atoms with Gasteiger partial charge in [-0.05, 0) is 30.5 Å². The molecular weight excluding hydrogens is 473 g/mol. The van der Waals surface area contributed by atoms with Crippen LogP contribution >= 0.6 is 11.6 Å². The van der Waals surface area contributed by atoms with Gasteiger partial charge < -0.3 is 15.7 Å². The average Bonchev–Trinajstić information content (AvgIpc) is 3.63. The molecule has 1 aromatic carbocycles. The van der Waals surface area contributed by atoms with Crippen molar-refractivity contribution in [2.24, 2.45) is 11.3 Å². The van der Waals surface area contributed by atoms with Gasteiger partial charge in [0.1, 0.15) is 5.41 Å². The Labute approximate surface area is 200 Å². The van der Waals surface area contributed by atoms with Crippen LogP contribution in [0.2, 0.25) is 5.02 Å². The number of aliphatic hydroxyl groups excluding tert-OH is 1. The maximum absolute atomic E-state index is 13.4. The number of amides is 1. The minimum atomic E-state index is -4.58. The Balaban J connectivity index is 1.54. The predicted molar refractivity (Wildman–Crippen MR) is 118 cm³/mol. The van der Waals surface area contributed by atoms with Crippen molar-refractivity contribution in [1.29, 1.82) is 5.26 Å². The average molecular weight is 501 g/mol. The van der Waals surface area contributed by atoms with Crippen molar-refractivity contribution in [3.8, 4) is 6.07 Å². The monoisotopic (exact) mass is 500 g/mol. The van der Waals surface area contributed by atoms with Gasteiger partial charge in [0.05, 0.1) is 35.6 Å². The molecule has 1 aromatic rings. The van der Waals surface area contributed by atoms with E-state index in [4.69, 9.17) is 11.6 Å². The van der Waals surface area contributed by atoms with Crippen molar-refractivity contribution in [2.45, 2.75) is 37.4 Å². The lowest BCUT2D eigenvalue weighted by Crippen LogP contribution is -2.68. The summed E-state index contributed by atoms with van der Waals surface area (Å²) in [4.78, 5) is 14.6. The fourth-order valence-corrected chi connectivity index (χ4v) is 4.90. The highest BCUT2D eigenvalue weighted by Gasteiger charge is 2.51. The normalized spacial score (nSPS) is 29.3. The van der Waals surface area contributed by atoms with Gasteiger partial charge in [-0.1, -0.05) is 17.7 Å². The molecule has 3 aliphatic rings. The number of nitrogens with zero attached hydrogens (tertiary/aromatic N) is 2. The number of nitrogens with one attached hydrogen (secondary N) is 4. The van der Waals surface area contributed by atoms with Crippen LogP contribution in [0.1, 0.15) is 30.1 Å². The van der Waals surface area contributed by atoms with E-state index in [-0.39, 0.29) is 42.2 Å². The minimum Gasteiger partial charge on any atom is -0.395 e. The van der Waals surface area contributed by atoms with Crippen LogP contribution in [-0.4, -0.2) is 67.5 Å². The van der Waals surface area contributed by atoms with Crippen LogP contribution in [-0.2, 0) is 11.0 Å². The van der Waals surface area contributed by atoms with Gasteiger partial charge in [-0.3, -0.25) is 20.3 Å². The molecule has 0 aromatic heterocycles. The van der Waals surface area contributed by atoms with E-state index in [1.54, 1.807) is 6.07 Å². The Hall–Kier alpha value is -1.94. The smallest absolute Gasteiger partial charge is 0.395 e. The van der Waals surface area contributed by atoms with E-state index in [2.05, 4.69) is 32.2 Å². The molecule has 4 atom stereocenters. The summed E-state index contributed by atoms with van der Waals surface area (Å²) in [6.45, 7) is 2.51. The number of piperazine rings is 1. The zero-order valence-corrected chi connectivity index (χ0v) is 19.2. The summed E-state index contributed by atoms with van der Waals surface area (Å²) in [5.74, 6) is -0.432. The van der Waals surface area contributed by atoms with E-state index in [0.29, 0.717) is 44.6 Å². The molecule has 0 bridgehead atoms. The van der Waals surface area contributed by atoms with Crippen LogP contribution in [0.5, 0.6) is 0 Å². The Morgan fingerprint density at radius 3 is 2.76 bits per heavy atom. The van der Waals surface area contributed by atoms with Crippen LogP contribution in [0.25, 0.3) is 0 Å². The summed E-state index contributed by atoms with van der Waals surface area (Å²) in [6.07, 6.45) is -4.39. The fraction of sp³-hybridized carbons (Fsp3) is 0.636. The van der Waals surface area contributed by atoms with Crippen LogP contribution in [0, 0.1) is 22.7 Å². The van der Waals surface area contributed by atoms with Gasteiger partial charge in [0.25, 0.3) is 0 Å². The van der Waals surface area contributed by atoms with Crippen LogP contribution in [0.15, 0.2) is 18.2 Å². The minimum absolute atomic E-state index is 0.0843. The number of nitriles is 1. The van der Waals surface area contributed by atoms with Crippen LogP contribution in [0.4, 0.5) is 13.2 Å². The molecule has 1 aliphatic carbocycles. The Morgan fingerprint density at radius 1 is 1.35 bits per heavy atom. The van der Waals surface area contributed by atoms with Gasteiger partial charge in [-0.15, -0.1) is 0 Å². The number of carbonyl (C=O) groups is 1. The predicted octanol–water partition coefficient (Wildman–Crippen LogP) is 1.18. The molecule has 1 saturated carbocycles. The molecular formula is C22H28ClF3N6O2. The Kier molecular flexibility index (Phi) is 7.38. The third kappa shape index (κ3) is 5.17. The van der Waals surface area contributed by atoms with Gasteiger partial charge in [-0.25, -0.2) is 0 Å².